The number of nitrogens with zero attached hydrogens (tertiary/aromatic N) is 1. The first-order chi connectivity index (χ1) is 9.61. The number of rotatable bonds is 5. The van der Waals surface area contributed by atoms with Gasteiger partial charge in [-0.05, 0) is 18.2 Å². The number of benzene rings is 1. The number of nitrogens with one attached hydrogen (secondary N) is 1. The van der Waals surface area contributed by atoms with Gasteiger partial charge < -0.3 is 15.8 Å². The lowest BCUT2D eigenvalue weighted by molar-refractivity contribution is 0.0601. The fourth-order valence-electron chi connectivity index (χ4n) is 1.80. The van der Waals surface area contributed by atoms with Crippen LogP contribution in [-0.2, 0) is 4.74 Å². The molecule has 0 aliphatic carbocycles. The topological polar surface area (TPSA) is 77.2 Å². The van der Waals surface area contributed by atoms with Crippen LogP contribution in [0.1, 0.15) is 28.2 Å². The monoisotopic (exact) mass is 291 g/mol. The Morgan fingerprint density at radius 2 is 2.35 bits per heavy atom. The number of nitrogens with two attached hydrogens (primary N) is 1. The van der Waals surface area contributed by atoms with E-state index in [1.165, 1.54) is 7.11 Å². The molecular weight excluding hydrogens is 274 g/mol. The fourth-order valence-corrected chi connectivity index (χ4v) is 2.50. The molecule has 1 atom stereocenters. The summed E-state index contributed by atoms with van der Waals surface area (Å²) in [5, 5.41) is 6.32. The number of carbonyl (C=O) groups is 1. The van der Waals surface area contributed by atoms with E-state index in [2.05, 4.69) is 22.0 Å². The van der Waals surface area contributed by atoms with Gasteiger partial charge in [-0.1, -0.05) is 6.92 Å². The Hall–Kier alpha value is -2.08. The first-order valence-electron chi connectivity index (χ1n) is 6.23. The van der Waals surface area contributed by atoms with Gasteiger partial charge in [-0.25, -0.2) is 9.78 Å². The SMILES string of the molecule is COC(=O)c1ccc(NCC(C)c2nccs2)c(N)c1. The number of esters is 1. The van der Waals surface area contributed by atoms with Gasteiger partial charge in [0.05, 0.1) is 29.1 Å². The van der Waals surface area contributed by atoms with Gasteiger partial charge in [-0.15, -0.1) is 11.3 Å². The quantitative estimate of drug-likeness (QED) is 0.654. The third kappa shape index (κ3) is 3.27. The summed E-state index contributed by atoms with van der Waals surface area (Å²) >= 11 is 1.64. The van der Waals surface area contributed by atoms with E-state index >= 15 is 0 Å². The van der Waals surface area contributed by atoms with Crippen molar-refractivity contribution >= 4 is 28.7 Å². The van der Waals surface area contributed by atoms with Crippen molar-refractivity contribution in [1.29, 1.82) is 0 Å². The average molecular weight is 291 g/mol. The lowest BCUT2D eigenvalue weighted by Crippen LogP contribution is -2.11. The minimum absolute atomic E-state index is 0.301. The Morgan fingerprint density at radius 1 is 1.55 bits per heavy atom. The molecule has 0 saturated heterocycles. The number of carbonyl (C=O) groups excluding carboxylic acids is 1. The van der Waals surface area contributed by atoms with E-state index in [9.17, 15) is 4.79 Å². The molecule has 1 aromatic carbocycles. The number of hydrogen-bond donors (Lipinski definition) is 2. The summed E-state index contributed by atoms with van der Waals surface area (Å²) in [6, 6.07) is 5.09. The Balaban J connectivity index is 2.01. The molecule has 0 fully saturated rings. The summed E-state index contributed by atoms with van der Waals surface area (Å²) in [6.45, 7) is 2.83. The minimum atomic E-state index is -0.389. The van der Waals surface area contributed by atoms with Gasteiger partial charge in [-0.3, -0.25) is 0 Å². The van der Waals surface area contributed by atoms with Crippen LogP contribution < -0.4 is 11.1 Å². The van der Waals surface area contributed by atoms with Crippen LogP contribution in [0.4, 0.5) is 11.4 Å². The van der Waals surface area contributed by atoms with Crippen molar-refractivity contribution in [2.45, 2.75) is 12.8 Å². The molecule has 0 amide bonds. The second-order valence-electron chi connectivity index (χ2n) is 4.45. The van der Waals surface area contributed by atoms with Crippen LogP contribution in [0.25, 0.3) is 0 Å². The van der Waals surface area contributed by atoms with Gasteiger partial charge in [0.2, 0.25) is 0 Å². The third-order valence-electron chi connectivity index (χ3n) is 2.94. The lowest BCUT2D eigenvalue weighted by atomic mass is 10.1. The third-order valence-corrected chi connectivity index (χ3v) is 3.95. The van der Waals surface area contributed by atoms with Gasteiger partial charge >= 0.3 is 5.97 Å². The van der Waals surface area contributed by atoms with Crippen molar-refractivity contribution in [1.82, 2.24) is 4.98 Å². The molecule has 2 rings (SSSR count). The zero-order valence-corrected chi connectivity index (χ0v) is 12.2. The first kappa shape index (κ1) is 14.3. The van der Waals surface area contributed by atoms with E-state index in [0.29, 0.717) is 17.2 Å². The molecule has 0 spiro atoms. The summed E-state index contributed by atoms with van der Waals surface area (Å²) < 4.78 is 4.66. The maximum atomic E-state index is 11.4. The van der Waals surface area contributed by atoms with E-state index in [1.54, 1.807) is 35.7 Å². The molecule has 106 valence electrons. The molecular formula is C14H17N3O2S. The molecule has 1 unspecified atom stereocenters. The molecule has 0 saturated carbocycles. The van der Waals surface area contributed by atoms with Crippen molar-refractivity contribution in [3.63, 3.8) is 0 Å². The first-order valence-corrected chi connectivity index (χ1v) is 7.11. The molecule has 5 nitrogen and oxygen atoms in total. The maximum absolute atomic E-state index is 11.4. The minimum Gasteiger partial charge on any atom is -0.465 e. The number of methoxy groups -OCH3 is 1. The lowest BCUT2D eigenvalue weighted by Gasteiger charge is -2.13. The number of nitrogen functional groups attached to an aromatic ring is 1. The summed E-state index contributed by atoms with van der Waals surface area (Å²) in [6.07, 6.45) is 1.80. The van der Waals surface area contributed by atoms with E-state index in [0.717, 1.165) is 17.2 Å². The standard InChI is InChI=1S/C14H17N3O2S/c1-9(13-16-5-6-20-13)8-17-12-4-3-10(7-11(12)15)14(18)19-2/h3-7,9,17H,8,15H2,1-2H3. The number of aromatic nitrogens is 1. The largest absolute Gasteiger partial charge is 0.465 e. The van der Waals surface area contributed by atoms with Crippen LogP contribution in [0.2, 0.25) is 0 Å². The van der Waals surface area contributed by atoms with Crippen molar-refractivity contribution in [2.75, 3.05) is 24.7 Å². The second-order valence-corrected chi connectivity index (χ2v) is 5.37. The summed E-state index contributed by atoms with van der Waals surface area (Å²) in [4.78, 5) is 15.7. The van der Waals surface area contributed by atoms with Crippen LogP contribution in [0.15, 0.2) is 29.8 Å². The molecule has 0 radical (unpaired) electrons. The van der Waals surface area contributed by atoms with Gasteiger partial charge in [0.15, 0.2) is 0 Å². The molecule has 1 aromatic heterocycles. The van der Waals surface area contributed by atoms with Crippen molar-refractivity contribution in [3.05, 3.63) is 40.3 Å². The van der Waals surface area contributed by atoms with Crippen LogP contribution >= 0.6 is 11.3 Å². The molecule has 0 aliphatic rings. The van der Waals surface area contributed by atoms with Gasteiger partial charge in [0, 0.05) is 24.0 Å². The molecule has 2 aromatic rings. The highest BCUT2D eigenvalue weighted by molar-refractivity contribution is 7.09. The van der Waals surface area contributed by atoms with E-state index in [-0.39, 0.29) is 5.97 Å². The maximum Gasteiger partial charge on any atom is 0.337 e. The second kappa shape index (κ2) is 6.38. The zero-order valence-electron chi connectivity index (χ0n) is 11.4. The Bertz CT molecular complexity index is 584. The van der Waals surface area contributed by atoms with Crippen molar-refractivity contribution in [2.24, 2.45) is 0 Å². The Morgan fingerprint density at radius 3 is 2.95 bits per heavy atom. The van der Waals surface area contributed by atoms with Crippen LogP contribution in [0.3, 0.4) is 0 Å². The van der Waals surface area contributed by atoms with Gasteiger partial charge in [0.25, 0.3) is 0 Å². The van der Waals surface area contributed by atoms with Crippen LogP contribution in [0.5, 0.6) is 0 Å². The number of anilines is 2. The molecule has 3 N–H and O–H groups in total. The van der Waals surface area contributed by atoms with Crippen molar-refractivity contribution < 1.29 is 9.53 Å². The average Bonchev–Trinajstić information content (AvgIpc) is 2.99. The highest BCUT2D eigenvalue weighted by atomic mass is 32.1. The van der Waals surface area contributed by atoms with Crippen LogP contribution in [-0.4, -0.2) is 24.6 Å². The highest BCUT2D eigenvalue weighted by Crippen LogP contribution is 2.23. The van der Waals surface area contributed by atoms with Gasteiger partial charge in [-0.2, -0.15) is 0 Å². The molecule has 1 heterocycles. The van der Waals surface area contributed by atoms with Crippen molar-refractivity contribution in [3.8, 4) is 0 Å². The number of thiazole rings is 1. The van der Waals surface area contributed by atoms with Gasteiger partial charge in [0.1, 0.15) is 0 Å². The predicted molar refractivity (Wildman–Crippen MR) is 81.2 cm³/mol. The summed E-state index contributed by atoms with van der Waals surface area (Å²) in [5.74, 6) is -0.0888. The zero-order chi connectivity index (χ0) is 14.5. The van der Waals surface area contributed by atoms with Crippen LogP contribution in [0, 0.1) is 0 Å². The summed E-state index contributed by atoms with van der Waals surface area (Å²) in [5.41, 5.74) is 7.72. The normalized spacial score (nSPS) is 11.9. The Labute approximate surface area is 121 Å². The number of hydrogen-bond acceptors (Lipinski definition) is 6. The van der Waals surface area contributed by atoms with E-state index in [1.807, 2.05) is 5.38 Å². The highest BCUT2D eigenvalue weighted by Gasteiger charge is 2.11. The Kier molecular flexibility index (Phi) is 4.57. The van der Waals surface area contributed by atoms with E-state index in [4.69, 9.17) is 5.73 Å². The molecule has 0 aliphatic heterocycles. The van der Waals surface area contributed by atoms with E-state index < -0.39 is 0 Å². The predicted octanol–water partition coefficient (Wildman–Crippen LogP) is 2.73. The summed E-state index contributed by atoms with van der Waals surface area (Å²) in [7, 11) is 1.35. The smallest absolute Gasteiger partial charge is 0.337 e. The molecule has 0 bridgehead atoms. The molecule has 20 heavy (non-hydrogen) atoms. The fraction of sp³-hybridized carbons (Fsp3) is 0.286. The number of ether oxygens (including phenoxy) is 1. The molecule has 6 heteroatoms.